The Morgan fingerprint density at radius 3 is 1.41 bits per heavy atom. The number of allylic oxidation sites excluding steroid dienone is 2. The molecule has 0 aliphatic rings. The molecular formula is C43H88N6O2+2. The maximum atomic E-state index is 13.2. The lowest BCUT2D eigenvalue weighted by Crippen LogP contribution is -2.78. The van der Waals surface area contributed by atoms with E-state index in [0.29, 0.717) is 25.9 Å². The van der Waals surface area contributed by atoms with Crippen LogP contribution >= 0.6 is 0 Å². The van der Waals surface area contributed by atoms with Gasteiger partial charge in [-0.3, -0.25) is 26.0 Å². The molecule has 0 radical (unpaired) electrons. The Morgan fingerprint density at radius 2 is 1.00 bits per heavy atom. The fourth-order valence-corrected chi connectivity index (χ4v) is 6.72. The van der Waals surface area contributed by atoms with E-state index in [9.17, 15) is 9.59 Å². The highest BCUT2D eigenvalue weighted by molar-refractivity contribution is 5.81. The molecule has 0 spiro atoms. The van der Waals surface area contributed by atoms with E-state index in [4.69, 9.17) is 11.5 Å². The molecule has 51 heavy (non-hydrogen) atoms. The van der Waals surface area contributed by atoms with Crippen molar-refractivity contribution in [2.45, 2.75) is 219 Å². The molecule has 0 heterocycles. The summed E-state index contributed by atoms with van der Waals surface area (Å²) < 4.78 is 0. The summed E-state index contributed by atoms with van der Waals surface area (Å²) in [7, 11) is 0. The first-order valence-corrected chi connectivity index (χ1v) is 22.1. The van der Waals surface area contributed by atoms with Crippen LogP contribution in [0.2, 0.25) is 0 Å². The Kier molecular flexibility index (Phi) is 37.5. The van der Waals surface area contributed by atoms with E-state index in [0.717, 1.165) is 32.4 Å². The summed E-state index contributed by atoms with van der Waals surface area (Å²) in [6.45, 7) is 7.21. The SMILES string of the molecule is CCCCCCCC/C=C\CCCCCCCCN(CCCCCCCCCCCCCCCC)C(=O)CCNC(=O)[C@@H]([NH3+])CCC[NH+]=C(N)N. The Balaban J connectivity index is 4.30. The summed E-state index contributed by atoms with van der Waals surface area (Å²) in [6.07, 6.45) is 43.3. The number of nitrogens with zero attached hydrogens (tertiary/aromatic N) is 1. The first-order valence-electron chi connectivity index (χ1n) is 22.1. The van der Waals surface area contributed by atoms with Crippen molar-refractivity contribution >= 4 is 17.8 Å². The first-order chi connectivity index (χ1) is 24.9. The molecule has 0 bridgehead atoms. The monoisotopic (exact) mass is 721 g/mol. The minimum atomic E-state index is -0.353. The summed E-state index contributed by atoms with van der Waals surface area (Å²) in [5.74, 6) is 0.255. The van der Waals surface area contributed by atoms with Crippen molar-refractivity contribution in [3.05, 3.63) is 12.2 Å². The van der Waals surface area contributed by atoms with Crippen LogP contribution in [0, 0.1) is 0 Å². The molecule has 0 aliphatic heterocycles. The Morgan fingerprint density at radius 1 is 0.608 bits per heavy atom. The third kappa shape index (κ3) is 36.1. The maximum absolute atomic E-state index is 13.2. The van der Waals surface area contributed by atoms with Gasteiger partial charge in [-0.2, -0.15) is 0 Å². The van der Waals surface area contributed by atoms with E-state index in [1.807, 2.05) is 0 Å². The molecule has 0 unspecified atom stereocenters. The number of unbranched alkanes of at least 4 members (excludes halogenated alkanes) is 25. The number of carbonyl (C=O) groups excluding carboxylic acids is 2. The second kappa shape index (κ2) is 39.1. The predicted octanol–water partition coefficient (Wildman–Crippen LogP) is 7.58. The molecule has 0 rings (SSSR count). The molecule has 8 heteroatoms. The standard InChI is InChI=1S/C43H86N6O2/c1-3-5-7-9-11-13-15-17-19-20-22-24-26-28-30-32-39-49(38-31-29-27-25-23-21-18-16-14-12-10-8-6-4-2)41(50)35-37-47-42(51)40(44)34-33-36-48-43(45)46/h17,19,40H,3-16,18,20-39,44H2,1-2H3,(H,47,51)(H4,45,46,48)/p+2/b19-17-/t40-/m0/s1. The summed E-state index contributed by atoms with van der Waals surface area (Å²) in [6, 6.07) is -0.353. The van der Waals surface area contributed by atoms with Gasteiger partial charge < -0.3 is 16.0 Å². The number of amides is 2. The van der Waals surface area contributed by atoms with Crippen LogP contribution in [0.15, 0.2) is 12.2 Å². The number of nitrogens with one attached hydrogen (secondary N) is 2. The van der Waals surface area contributed by atoms with Crippen LogP contribution in [0.25, 0.3) is 0 Å². The summed E-state index contributed by atoms with van der Waals surface area (Å²) in [5, 5.41) is 2.93. The van der Waals surface area contributed by atoms with Crippen LogP contribution in [0.5, 0.6) is 0 Å². The van der Waals surface area contributed by atoms with Gasteiger partial charge in [-0.25, -0.2) is 0 Å². The van der Waals surface area contributed by atoms with Gasteiger partial charge >= 0.3 is 5.96 Å². The van der Waals surface area contributed by atoms with Crippen molar-refractivity contribution in [2.75, 3.05) is 26.2 Å². The molecule has 300 valence electrons. The Hall–Kier alpha value is -2.09. The fraction of sp³-hybridized carbons (Fsp3) is 0.884. The Bertz CT molecular complexity index is 829. The molecule has 0 aromatic carbocycles. The van der Waals surface area contributed by atoms with E-state index in [2.05, 4.69) is 46.9 Å². The highest BCUT2D eigenvalue weighted by Crippen LogP contribution is 2.14. The lowest BCUT2D eigenvalue weighted by molar-refractivity contribution is -0.463. The van der Waals surface area contributed by atoms with E-state index < -0.39 is 0 Å². The van der Waals surface area contributed by atoms with E-state index in [1.54, 1.807) is 0 Å². The normalized spacial score (nSPS) is 12.0. The number of hydrogen-bond acceptors (Lipinski definition) is 2. The van der Waals surface area contributed by atoms with Crippen molar-refractivity contribution in [1.29, 1.82) is 0 Å². The zero-order chi connectivity index (χ0) is 37.5. The quantitative estimate of drug-likeness (QED) is 0.0193. The van der Waals surface area contributed by atoms with Gasteiger partial charge in [0.1, 0.15) is 0 Å². The van der Waals surface area contributed by atoms with Crippen LogP contribution in [0.1, 0.15) is 213 Å². The van der Waals surface area contributed by atoms with Gasteiger partial charge in [-0.05, 0) is 44.9 Å². The van der Waals surface area contributed by atoms with E-state index in [1.165, 1.54) is 167 Å². The van der Waals surface area contributed by atoms with Crippen LogP contribution < -0.4 is 27.5 Å². The number of quaternary nitrogens is 1. The van der Waals surface area contributed by atoms with Crippen molar-refractivity contribution in [3.63, 3.8) is 0 Å². The van der Waals surface area contributed by atoms with Gasteiger partial charge in [0.15, 0.2) is 6.04 Å². The van der Waals surface area contributed by atoms with Crippen LogP contribution in [-0.2, 0) is 9.59 Å². The number of hydrogen-bond donors (Lipinski definition) is 5. The van der Waals surface area contributed by atoms with Crippen molar-refractivity contribution in [3.8, 4) is 0 Å². The number of guanidine groups is 1. The average Bonchev–Trinajstić information content (AvgIpc) is 3.12. The van der Waals surface area contributed by atoms with Gasteiger partial charge in [0.25, 0.3) is 5.91 Å². The molecule has 0 aromatic rings. The molecule has 0 saturated heterocycles. The molecule has 0 aromatic heterocycles. The minimum absolute atomic E-state index is 0.0979. The van der Waals surface area contributed by atoms with Crippen LogP contribution in [-0.4, -0.2) is 54.9 Å². The lowest BCUT2D eigenvalue weighted by atomic mass is 10.0. The van der Waals surface area contributed by atoms with Gasteiger partial charge in [0.05, 0.1) is 6.54 Å². The molecule has 0 aliphatic carbocycles. The maximum Gasteiger partial charge on any atom is 0.338 e. The molecule has 9 N–H and O–H groups in total. The van der Waals surface area contributed by atoms with Gasteiger partial charge in [0.2, 0.25) is 5.91 Å². The van der Waals surface area contributed by atoms with Crippen molar-refractivity contribution in [1.82, 2.24) is 10.2 Å². The highest BCUT2D eigenvalue weighted by Gasteiger charge is 2.18. The number of nitrogens with two attached hydrogens (primary N) is 2. The third-order valence-electron chi connectivity index (χ3n) is 10.1. The molecule has 0 fully saturated rings. The zero-order valence-electron chi connectivity index (χ0n) is 34.1. The number of rotatable bonds is 39. The van der Waals surface area contributed by atoms with E-state index in [-0.39, 0.29) is 23.8 Å². The second-order valence-electron chi connectivity index (χ2n) is 15.2. The average molecular weight is 721 g/mol. The first kappa shape index (κ1) is 48.9. The third-order valence-corrected chi connectivity index (χ3v) is 10.1. The van der Waals surface area contributed by atoms with Gasteiger partial charge in [-0.1, -0.05) is 167 Å². The number of carbonyl (C=O) groups is 2. The van der Waals surface area contributed by atoms with Gasteiger partial charge in [-0.15, -0.1) is 0 Å². The molecule has 8 nitrogen and oxygen atoms in total. The summed E-state index contributed by atoms with van der Waals surface area (Å²) >= 11 is 0. The highest BCUT2D eigenvalue weighted by atomic mass is 16.2. The minimum Gasteiger partial charge on any atom is -0.350 e. The predicted molar refractivity (Wildman–Crippen MR) is 219 cm³/mol. The lowest BCUT2D eigenvalue weighted by Gasteiger charge is -2.23. The molecule has 0 saturated carbocycles. The molecule has 1 atom stereocenters. The smallest absolute Gasteiger partial charge is 0.338 e. The second-order valence-corrected chi connectivity index (χ2v) is 15.2. The van der Waals surface area contributed by atoms with Gasteiger partial charge in [0, 0.05) is 32.5 Å². The Labute approximate surface area is 316 Å². The van der Waals surface area contributed by atoms with E-state index >= 15 is 0 Å². The fourth-order valence-electron chi connectivity index (χ4n) is 6.72. The topological polar surface area (TPSA) is 143 Å². The van der Waals surface area contributed by atoms with Crippen molar-refractivity contribution < 1.29 is 20.3 Å². The zero-order valence-corrected chi connectivity index (χ0v) is 34.1. The van der Waals surface area contributed by atoms with Crippen LogP contribution in [0.4, 0.5) is 0 Å². The largest absolute Gasteiger partial charge is 0.350 e. The molecule has 2 amide bonds. The van der Waals surface area contributed by atoms with Crippen LogP contribution in [0.3, 0.4) is 0 Å². The molecular weight excluding hydrogens is 633 g/mol. The summed E-state index contributed by atoms with van der Waals surface area (Å²) in [4.78, 5) is 30.7. The van der Waals surface area contributed by atoms with Crippen molar-refractivity contribution in [2.24, 2.45) is 11.5 Å². The summed E-state index contributed by atoms with van der Waals surface area (Å²) in [5.41, 5.74) is 14.8.